The summed E-state index contributed by atoms with van der Waals surface area (Å²) in [7, 11) is 4.48. The molecule has 20 heavy (non-hydrogen) atoms. The standard InChI is InChI=1S/C17H36N2S/c1-6-8-14-9-10-17(18-3)15(11-14)12-19(4)16(7-2)13-20-5/h14-18H,6-13H2,1-5H3. The van der Waals surface area contributed by atoms with E-state index < -0.39 is 0 Å². The highest BCUT2D eigenvalue weighted by atomic mass is 32.2. The molecular formula is C17H36N2S. The van der Waals surface area contributed by atoms with Crippen molar-refractivity contribution in [2.24, 2.45) is 11.8 Å². The van der Waals surface area contributed by atoms with E-state index in [1.807, 2.05) is 11.8 Å². The lowest BCUT2D eigenvalue weighted by Crippen LogP contribution is -2.46. The molecule has 0 amide bonds. The molecule has 2 nitrogen and oxygen atoms in total. The van der Waals surface area contributed by atoms with Gasteiger partial charge in [0.25, 0.3) is 0 Å². The number of rotatable bonds is 9. The van der Waals surface area contributed by atoms with Crippen LogP contribution in [0.2, 0.25) is 0 Å². The number of thioether (sulfide) groups is 1. The number of hydrogen-bond donors (Lipinski definition) is 1. The van der Waals surface area contributed by atoms with Crippen LogP contribution in [0.4, 0.5) is 0 Å². The second kappa shape index (κ2) is 10.1. The third-order valence-electron chi connectivity index (χ3n) is 5.13. The lowest BCUT2D eigenvalue weighted by molar-refractivity contribution is 0.134. The van der Waals surface area contributed by atoms with Crippen molar-refractivity contribution >= 4 is 11.8 Å². The van der Waals surface area contributed by atoms with E-state index in [-0.39, 0.29) is 0 Å². The van der Waals surface area contributed by atoms with Gasteiger partial charge in [0.2, 0.25) is 0 Å². The molecule has 0 spiro atoms. The summed E-state index contributed by atoms with van der Waals surface area (Å²) in [5.74, 6) is 3.08. The van der Waals surface area contributed by atoms with Gasteiger partial charge in [0.1, 0.15) is 0 Å². The van der Waals surface area contributed by atoms with Crippen molar-refractivity contribution in [2.45, 2.75) is 64.5 Å². The SMILES string of the molecule is CCCC1CCC(NC)C(CN(C)C(CC)CSC)C1. The van der Waals surface area contributed by atoms with Crippen molar-refractivity contribution in [3.05, 3.63) is 0 Å². The fraction of sp³-hybridized carbons (Fsp3) is 1.00. The van der Waals surface area contributed by atoms with E-state index in [0.29, 0.717) is 0 Å². The summed E-state index contributed by atoms with van der Waals surface area (Å²) >= 11 is 1.98. The maximum atomic E-state index is 3.58. The van der Waals surface area contributed by atoms with Gasteiger partial charge in [-0.1, -0.05) is 26.7 Å². The van der Waals surface area contributed by atoms with E-state index in [2.05, 4.69) is 44.4 Å². The highest BCUT2D eigenvalue weighted by Gasteiger charge is 2.30. The highest BCUT2D eigenvalue weighted by Crippen LogP contribution is 2.33. The van der Waals surface area contributed by atoms with Gasteiger partial charge < -0.3 is 10.2 Å². The zero-order chi connectivity index (χ0) is 15.0. The minimum atomic E-state index is 0.734. The van der Waals surface area contributed by atoms with Crippen LogP contribution in [0.15, 0.2) is 0 Å². The molecule has 0 saturated heterocycles. The first-order valence-corrected chi connectivity index (χ1v) is 9.91. The van der Waals surface area contributed by atoms with Gasteiger partial charge in [-0.3, -0.25) is 0 Å². The first-order chi connectivity index (χ1) is 9.65. The van der Waals surface area contributed by atoms with Crippen molar-refractivity contribution in [3.63, 3.8) is 0 Å². The predicted octanol–water partition coefficient (Wildman–Crippen LogP) is 3.86. The van der Waals surface area contributed by atoms with E-state index >= 15 is 0 Å². The Bertz CT molecular complexity index is 247. The monoisotopic (exact) mass is 300 g/mol. The number of nitrogens with one attached hydrogen (secondary N) is 1. The van der Waals surface area contributed by atoms with Gasteiger partial charge in [0, 0.05) is 24.4 Å². The van der Waals surface area contributed by atoms with E-state index in [0.717, 1.165) is 23.9 Å². The average Bonchev–Trinajstić information content (AvgIpc) is 2.45. The molecule has 0 heterocycles. The minimum absolute atomic E-state index is 0.734. The molecule has 0 radical (unpaired) electrons. The third-order valence-corrected chi connectivity index (χ3v) is 5.85. The second-order valence-electron chi connectivity index (χ2n) is 6.58. The molecule has 1 aliphatic rings. The summed E-state index contributed by atoms with van der Waals surface area (Å²) < 4.78 is 0. The first-order valence-electron chi connectivity index (χ1n) is 8.52. The van der Waals surface area contributed by atoms with Crippen LogP contribution in [0, 0.1) is 11.8 Å². The van der Waals surface area contributed by atoms with Gasteiger partial charge in [-0.15, -0.1) is 0 Å². The molecule has 0 aromatic heterocycles. The zero-order valence-electron chi connectivity index (χ0n) is 14.3. The van der Waals surface area contributed by atoms with Gasteiger partial charge in [-0.25, -0.2) is 0 Å². The van der Waals surface area contributed by atoms with Gasteiger partial charge in [0.05, 0.1) is 0 Å². The molecule has 4 unspecified atom stereocenters. The summed E-state index contributed by atoms with van der Waals surface area (Å²) in [5, 5.41) is 3.58. The van der Waals surface area contributed by atoms with Crippen molar-refractivity contribution in [1.29, 1.82) is 0 Å². The van der Waals surface area contributed by atoms with Gasteiger partial charge in [-0.2, -0.15) is 11.8 Å². The van der Waals surface area contributed by atoms with Crippen LogP contribution in [-0.4, -0.2) is 49.6 Å². The Morgan fingerprint density at radius 3 is 2.60 bits per heavy atom. The Hall–Kier alpha value is 0.270. The molecule has 3 heteroatoms. The summed E-state index contributed by atoms with van der Waals surface area (Å²) in [6, 6.07) is 1.48. The summed E-state index contributed by atoms with van der Waals surface area (Å²) in [6.45, 7) is 5.93. The van der Waals surface area contributed by atoms with Crippen LogP contribution >= 0.6 is 11.8 Å². The first kappa shape index (κ1) is 18.3. The normalized spacial score (nSPS) is 28.8. The predicted molar refractivity (Wildman–Crippen MR) is 93.7 cm³/mol. The highest BCUT2D eigenvalue weighted by molar-refractivity contribution is 7.98. The molecule has 0 aromatic carbocycles. The van der Waals surface area contributed by atoms with Crippen molar-refractivity contribution < 1.29 is 0 Å². The molecule has 1 rings (SSSR count). The van der Waals surface area contributed by atoms with Crippen LogP contribution in [0.1, 0.15) is 52.4 Å². The summed E-state index contributed by atoms with van der Waals surface area (Å²) in [4.78, 5) is 2.62. The van der Waals surface area contributed by atoms with Crippen molar-refractivity contribution in [1.82, 2.24) is 10.2 Å². The van der Waals surface area contributed by atoms with Crippen LogP contribution in [0.5, 0.6) is 0 Å². The Labute approximate surface area is 131 Å². The Morgan fingerprint density at radius 2 is 2.05 bits per heavy atom. The molecule has 1 aliphatic carbocycles. The Morgan fingerprint density at radius 1 is 1.30 bits per heavy atom. The van der Waals surface area contributed by atoms with Crippen molar-refractivity contribution in [3.8, 4) is 0 Å². The number of nitrogens with zero attached hydrogens (tertiary/aromatic N) is 1. The smallest absolute Gasteiger partial charge is 0.0180 e. The van der Waals surface area contributed by atoms with E-state index in [1.54, 1.807) is 0 Å². The minimum Gasteiger partial charge on any atom is -0.317 e. The maximum Gasteiger partial charge on any atom is 0.0180 e. The maximum absolute atomic E-state index is 3.58. The molecule has 0 bridgehead atoms. The Balaban J connectivity index is 2.55. The third kappa shape index (κ3) is 5.57. The second-order valence-corrected chi connectivity index (χ2v) is 7.49. The van der Waals surface area contributed by atoms with Gasteiger partial charge in [0.15, 0.2) is 0 Å². The Kier molecular flexibility index (Phi) is 9.23. The van der Waals surface area contributed by atoms with Crippen LogP contribution in [0.3, 0.4) is 0 Å². The van der Waals surface area contributed by atoms with Gasteiger partial charge in [-0.05, 0) is 57.9 Å². The summed E-state index contributed by atoms with van der Waals surface area (Å²) in [6.07, 6.45) is 10.5. The molecule has 0 aromatic rings. The van der Waals surface area contributed by atoms with Gasteiger partial charge >= 0.3 is 0 Å². The lowest BCUT2D eigenvalue weighted by Gasteiger charge is -2.40. The molecule has 1 saturated carbocycles. The molecule has 1 N–H and O–H groups in total. The molecule has 120 valence electrons. The van der Waals surface area contributed by atoms with E-state index in [4.69, 9.17) is 0 Å². The zero-order valence-corrected chi connectivity index (χ0v) is 15.1. The topological polar surface area (TPSA) is 15.3 Å². The van der Waals surface area contributed by atoms with E-state index in [1.165, 1.54) is 50.8 Å². The average molecular weight is 301 g/mol. The largest absolute Gasteiger partial charge is 0.317 e. The summed E-state index contributed by atoms with van der Waals surface area (Å²) in [5.41, 5.74) is 0. The molecule has 1 fully saturated rings. The molecule has 0 aliphatic heterocycles. The van der Waals surface area contributed by atoms with Crippen molar-refractivity contribution in [2.75, 3.05) is 32.6 Å². The lowest BCUT2D eigenvalue weighted by atomic mass is 9.76. The molecule has 4 atom stereocenters. The van der Waals surface area contributed by atoms with Crippen LogP contribution in [-0.2, 0) is 0 Å². The quantitative estimate of drug-likeness (QED) is 0.696. The molecular weight excluding hydrogens is 264 g/mol. The fourth-order valence-corrected chi connectivity index (χ4v) is 4.76. The van der Waals surface area contributed by atoms with Crippen LogP contribution in [0.25, 0.3) is 0 Å². The number of hydrogen-bond acceptors (Lipinski definition) is 3. The van der Waals surface area contributed by atoms with Crippen LogP contribution < -0.4 is 5.32 Å². The van der Waals surface area contributed by atoms with E-state index in [9.17, 15) is 0 Å². The fourth-order valence-electron chi connectivity index (χ4n) is 3.88.